The van der Waals surface area contributed by atoms with Gasteiger partial charge in [0.1, 0.15) is 5.69 Å². The highest BCUT2D eigenvalue weighted by atomic mass is 16.3. The number of hydrogen-bond donors (Lipinski definition) is 1. The summed E-state index contributed by atoms with van der Waals surface area (Å²) >= 11 is 0. The van der Waals surface area contributed by atoms with Crippen LogP contribution in [-0.2, 0) is 0 Å². The van der Waals surface area contributed by atoms with E-state index >= 15 is 0 Å². The summed E-state index contributed by atoms with van der Waals surface area (Å²) in [6.07, 6.45) is 1.65. The van der Waals surface area contributed by atoms with Crippen LogP contribution in [0.3, 0.4) is 0 Å². The van der Waals surface area contributed by atoms with Crippen LogP contribution in [-0.4, -0.2) is 102 Å². The van der Waals surface area contributed by atoms with Crippen LogP contribution in [0.2, 0.25) is 0 Å². The summed E-state index contributed by atoms with van der Waals surface area (Å²) in [6.45, 7) is 7.32. The lowest BCUT2D eigenvalue weighted by Crippen LogP contribution is -2.49. The summed E-state index contributed by atoms with van der Waals surface area (Å²) in [5, 5.41) is 17.9. The number of aliphatic hydroxyl groups is 1. The number of aliphatic hydroxyl groups excluding tert-OH is 1. The molecule has 29 heavy (non-hydrogen) atoms. The van der Waals surface area contributed by atoms with Gasteiger partial charge in [-0.05, 0) is 24.3 Å². The summed E-state index contributed by atoms with van der Waals surface area (Å²) in [5.41, 5.74) is 0.490. The van der Waals surface area contributed by atoms with Crippen molar-refractivity contribution in [3.05, 3.63) is 42.2 Å². The molecule has 9 heteroatoms. The molecule has 2 aromatic rings. The Morgan fingerprint density at radius 3 is 2.00 bits per heavy atom. The molecule has 0 aromatic carbocycles. The lowest BCUT2D eigenvalue weighted by Gasteiger charge is -2.36. The molecule has 0 radical (unpaired) electrons. The third-order valence-corrected chi connectivity index (χ3v) is 5.52. The molecule has 0 unspecified atom stereocenters. The molecule has 154 valence electrons. The standard InChI is InChI=1S/C20H27N7O2/c28-16-15-24-7-9-25(10-8-24)18-4-5-19(23-22-18)26-11-13-27(14-12-26)20(29)17-3-1-2-6-21-17/h1-6,28H,7-16H2. The van der Waals surface area contributed by atoms with Crippen LogP contribution in [0.4, 0.5) is 11.6 Å². The predicted molar refractivity (Wildman–Crippen MR) is 110 cm³/mol. The Kier molecular flexibility index (Phi) is 6.16. The molecule has 9 nitrogen and oxygen atoms in total. The van der Waals surface area contributed by atoms with E-state index in [0.717, 1.165) is 57.4 Å². The first kappa shape index (κ1) is 19.5. The first-order valence-corrected chi connectivity index (χ1v) is 10.1. The lowest BCUT2D eigenvalue weighted by molar-refractivity contribution is 0.0740. The van der Waals surface area contributed by atoms with E-state index in [1.807, 2.05) is 29.2 Å². The minimum absolute atomic E-state index is 0.0213. The smallest absolute Gasteiger partial charge is 0.272 e. The third kappa shape index (κ3) is 4.63. The predicted octanol–water partition coefficient (Wildman–Crippen LogP) is -0.0517. The highest BCUT2D eigenvalue weighted by Gasteiger charge is 2.24. The monoisotopic (exact) mass is 397 g/mol. The topological polar surface area (TPSA) is 88.9 Å². The normalized spacial score (nSPS) is 18.2. The molecule has 2 fully saturated rings. The minimum atomic E-state index is -0.0213. The fraction of sp³-hybridized carbons (Fsp3) is 0.500. The molecule has 0 atom stereocenters. The Morgan fingerprint density at radius 1 is 0.862 bits per heavy atom. The van der Waals surface area contributed by atoms with Crippen molar-refractivity contribution in [1.82, 2.24) is 25.0 Å². The minimum Gasteiger partial charge on any atom is -0.395 e. The van der Waals surface area contributed by atoms with Crippen molar-refractivity contribution in [1.29, 1.82) is 0 Å². The van der Waals surface area contributed by atoms with E-state index in [1.54, 1.807) is 12.3 Å². The van der Waals surface area contributed by atoms with E-state index in [0.29, 0.717) is 18.8 Å². The van der Waals surface area contributed by atoms with Crippen LogP contribution in [0.5, 0.6) is 0 Å². The third-order valence-electron chi connectivity index (χ3n) is 5.52. The van der Waals surface area contributed by atoms with Crippen LogP contribution >= 0.6 is 0 Å². The van der Waals surface area contributed by atoms with E-state index in [2.05, 4.69) is 29.9 Å². The van der Waals surface area contributed by atoms with Crippen LogP contribution in [0.1, 0.15) is 10.5 Å². The molecule has 4 rings (SSSR count). The molecule has 0 bridgehead atoms. The molecular formula is C20H27N7O2. The van der Waals surface area contributed by atoms with Gasteiger partial charge < -0.3 is 19.8 Å². The van der Waals surface area contributed by atoms with Gasteiger partial charge in [-0.15, -0.1) is 10.2 Å². The second kappa shape index (κ2) is 9.15. The van der Waals surface area contributed by atoms with E-state index in [-0.39, 0.29) is 12.5 Å². The van der Waals surface area contributed by atoms with Crippen LogP contribution in [0.15, 0.2) is 36.5 Å². The largest absolute Gasteiger partial charge is 0.395 e. The molecule has 2 saturated heterocycles. The number of amides is 1. The van der Waals surface area contributed by atoms with Crippen LogP contribution in [0.25, 0.3) is 0 Å². The second-order valence-corrected chi connectivity index (χ2v) is 7.30. The van der Waals surface area contributed by atoms with E-state index in [1.165, 1.54) is 0 Å². The maximum atomic E-state index is 12.5. The van der Waals surface area contributed by atoms with Crippen molar-refractivity contribution in [2.45, 2.75) is 0 Å². The Hall–Kier alpha value is -2.78. The molecule has 1 amide bonds. The van der Waals surface area contributed by atoms with Gasteiger partial charge in [0.2, 0.25) is 0 Å². The Morgan fingerprint density at radius 2 is 1.48 bits per heavy atom. The van der Waals surface area contributed by atoms with Crippen LogP contribution < -0.4 is 9.80 Å². The molecule has 2 aliphatic rings. The number of aromatic nitrogens is 3. The first-order chi connectivity index (χ1) is 14.2. The molecule has 0 aliphatic carbocycles. The summed E-state index contributed by atoms with van der Waals surface area (Å²) in [5.74, 6) is 1.71. The SMILES string of the molecule is O=C(c1ccccn1)N1CCN(c2ccc(N3CCN(CCO)CC3)nn2)CC1. The zero-order valence-electron chi connectivity index (χ0n) is 16.5. The Labute approximate surface area is 170 Å². The molecule has 2 aliphatic heterocycles. The van der Waals surface area contributed by atoms with Gasteiger partial charge in [-0.25, -0.2) is 0 Å². The number of pyridine rings is 1. The van der Waals surface area contributed by atoms with E-state index < -0.39 is 0 Å². The average molecular weight is 397 g/mol. The summed E-state index contributed by atoms with van der Waals surface area (Å²) in [7, 11) is 0. The highest BCUT2D eigenvalue weighted by Crippen LogP contribution is 2.18. The van der Waals surface area contributed by atoms with Crippen molar-refractivity contribution < 1.29 is 9.90 Å². The van der Waals surface area contributed by atoms with Crippen LogP contribution in [0, 0.1) is 0 Å². The molecule has 2 aromatic heterocycles. The molecule has 4 heterocycles. The van der Waals surface area contributed by atoms with Gasteiger partial charge in [-0.1, -0.05) is 6.07 Å². The van der Waals surface area contributed by atoms with Gasteiger partial charge in [-0.2, -0.15) is 0 Å². The Bertz CT molecular complexity index is 786. The van der Waals surface area contributed by atoms with E-state index in [4.69, 9.17) is 5.11 Å². The molecular weight excluding hydrogens is 370 g/mol. The van der Waals surface area contributed by atoms with Gasteiger partial charge in [0.05, 0.1) is 6.61 Å². The number of β-amino-alcohol motifs (C(OH)–C–C–N with tert-alkyl or cyclic N) is 1. The zero-order chi connectivity index (χ0) is 20.1. The van der Waals surface area contributed by atoms with Crippen molar-refractivity contribution in [2.24, 2.45) is 0 Å². The summed E-state index contributed by atoms with van der Waals surface area (Å²) < 4.78 is 0. The quantitative estimate of drug-likeness (QED) is 0.751. The summed E-state index contributed by atoms with van der Waals surface area (Å²) in [6, 6.07) is 9.43. The van der Waals surface area contributed by atoms with E-state index in [9.17, 15) is 4.79 Å². The number of carbonyl (C=O) groups is 1. The lowest BCUT2D eigenvalue weighted by atomic mass is 10.2. The molecule has 1 N–H and O–H groups in total. The maximum Gasteiger partial charge on any atom is 0.272 e. The van der Waals surface area contributed by atoms with Gasteiger partial charge in [-0.3, -0.25) is 14.7 Å². The van der Waals surface area contributed by atoms with Crippen molar-refractivity contribution in [3.63, 3.8) is 0 Å². The molecule has 0 saturated carbocycles. The Balaban J connectivity index is 1.30. The highest BCUT2D eigenvalue weighted by molar-refractivity contribution is 5.92. The van der Waals surface area contributed by atoms with Gasteiger partial charge in [0, 0.05) is 65.1 Å². The van der Waals surface area contributed by atoms with Gasteiger partial charge >= 0.3 is 0 Å². The number of rotatable bonds is 5. The first-order valence-electron chi connectivity index (χ1n) is 10.1. The average Bonchev–Trinajstić information content (AvgIpc) is 2.80. The summed E-state index contributed by atoms with van der Waals surface area (Å²) in [4.78, 5) is 25.2. The van der Waals surface area contributed by atoms with Crippen molar-refractivity contribution in [3.8, 4) is 0 Å². The number of hydrogen-bond acceptors (Lipinski definition) is 8. The maximum absolute atomic E-state index is 12.5. The zero-order valence-corrected chi connectivity index (χ0v) is 16.5. The van der Waals surface area contributed by atoms with Gasteiger partial charge in [0.15, 0.2) is 11.6 Å². The number of piperazine rings is 2. The fourth-order valence-corrected chi connectivity index (χ4v) is 3.79. The number of carbonyl (C=O) groups excluding carboxylic acids is 1. The van der Waals surface area contributed by atoms with Gasteiger partial charge in [0.25, 0.3) is 5.91 Å². The number of anilines is 2. The fourth-order valence-electron chi connectivity index (χ4n) is 3.79. The van der Waals surface area contributed by atoms with Crippen molar-refractivity contribution in [2.75, 3.05) is 75.3 Å². The van der Waals surface area contributed by atoms with Crippen molar-refractivity contribution >= 4 is 17.5 Å². The number of nitrogens with zero attached hydrogens (tertiary/aromatic N) is 7. The second-order valence-electron chi connectivity index (χ2n) is 7.30. The molecule has 0 spiro atoms.